The zero-order chi connectivity index (χ0) is 13.0. The predicted octanol–water partition coefficient (Wildman–Crippen LogP) is -0.760. The minimum absolute atomic E-state index is 0. The van der Waals surface area contributed by atoms with Crippen molar-refractivity contribution in [2.45, 2.75) is 0 Å². The molecular weight excluding hydrogens is 249 g/mol. The number of aliphatic imine (C=N–C) groups is 1. The van der Waals surface area contributed by atoms with E-state index in [0.717, 1.165) is 5.56 Å². The second-order valence-corrected chi connectivity index (χ2v) is 3.80. The second kappa shape index (κ2) is 7.34. The molecule has 0 amide bonds. The van der Waals surface area contributed by atoms with Crippen LogP contribution in [-0.2, 0) is 0 Å². The van der Waals surface area contributed by atoms with E-state index in [-0.39, 0.29) is 35.3 Å². The van der Waals surface area contributed by atoms with Crippen molar-refractivity contribution in [3.05, 3.63) is 59.7 Å². The number of ether oxygens (including phenoxy) is 1. The molecule has 0 radical (unpaired) electrons. The number of nitrogens with zero attached hydrogens (tertiary/aromatic N) is 1. The molecule has 3 nitrogen and oxygen atoms in total. The van der Waals surface area contributed by atoms with Crippen LogP contribution >= 0.6 is 0 Å². The zero-order valence-electron chi connectivity index (χ0n) is 11.4. The molecule has 0 bridgehead atoms. The Morgan fingerprint density at radius 2 is 1.79 bits per heavy atom. The first-order valence-electron chi connectivity index (χ1n) is 5.64. The Hall–Kier alpha value is -1.29. The van der Waals surface area contributed by atoms with Crippen molar-refractivity contribution in [1.82, 2.24) is 0 Å². The molecule has 2 aromatic carbocycles. The predicted molar refractivity (Wildman–Crippen MR) is 70.4 cm³/mol. The van der Waals surface area contributed by atoms with Crippen LogP contribution in [0.15, 0.2) is 53.5 Å². The van der Waals surface area contributed by atoms with Crippen LogP contribution in [0.25, 0.3) is 0 Å². The Bertz CT molecular complexity index is 568. The van der Waals surface area contributed by atoms with Gasteiger partial charge in [-0.25, -0.2) is 0 Å². The zero-order valence-corrected chi connectivity index (χ0v) is 13.4. The second-order valence-electron chi connectivity index (χ2n) is 3.80. The number of hydrogen-bond acceptors (Lipinski definition) is 3. The average Bonchev–Trinajstić information content (AvgIpc) is 2.42. The summed E-state index contributed by atoms with van der Waals surface area (Å²) in [6.45, 7) is 0. The molecule has 0 aliphatic carbocycles. The Morgan fingerprint density at radius 3 is 2.32 bits per heavy atom. The van der Waals surface area contributed by atoms with Crippen LogP contribution in [0.5, 0.6) is 11.5 Å². The van der Waals surface area contributed by atoms with Crippen LogP contribution in [0.1, 0.15) is 11.1 Å². The molecule has 92 valence electrons. The van der Waals surface area contributed by atoms with E-state index in [9.17, 15) is 5.11 Å². The van der Waals surface area contributed by atoms with Gasteiger partial charge in [0.2, 0.25) is 0 Å². The first-order chi connectivity index (χ1) is 8.76. The van der Waals surface area contributed by atoms with E-state index in [1.54, 1.807) is 26.3 Å². The maximum atomic E-state index is 12.0. The van der Waals surface area contributed by atoms with Gasteiger partial charge in [-0.15, -0.1) is 0 Å². The monoisotopic (exact) mass is 263 g/mol. The normalized spacial score (nSPS) is 10.7. The van der Waals surface area contributed by atoms with Gasteiger partial charge in [-0.2, -0.15) is 0 Å². The standard InChI is InChI=1S/C15H15NO2.Na/c1-16-15(11-6-4-3-5-7-11)13-9-8-12(18-2)10-14(13)17;/h3-10,17H,1-2H3;/q;+1/p-1. The number of methoxy groups -OCH3 is 1. The van der Waals surface area contributed by atoms with Crippen molar-refractivity contribution < 1.29 is 39.4 Å². The molecule has 0 aromatic heterocycles. The van der Waals surface area contributed by atoms with Gasteiger partial charge in [-0.3, -0.25) is 4.99 Å². The summed E-state index contributed by atoms with van der Waals surface area (Å²) >= 11 is 0. The number of rotatable bonds is 3. The molecule has 0 heterocycles. The minimum Gasteiger partial charge on any atom is -0.872 e. The first kappa shape index (κ1) is 15.8. The molecule has 0 spiro atoms. The fourth-order valence-electron chi connectivity index (χ4n) is 1.83. The summed E-state index contributed by atoms with van der Waals surface area (Å²) in [5.41, 5.74) is 2.22. The molecule has 19 heavy (non-hydrogen) atoms. The van der Waals surface area contributed by atoms with Crippen molar-refractivity contribution in [2.24, 2.45) is 4.99 Å². The van der Waals surface area contributed by atoms with Crippen molar-refractivity contribution in [1.29, 1.82) is 0 Å². The van der Waals surface area contributed by atoms with E-state index < -0.39 is 0 Å². The summed E-state index contributed by atoms with van der Waals surface area (Å²) in [6, 6.07) is 14.6. The Morgan fingerprint density at radius 1 is 1.11 bits per heavy atom. The van der Waals surface area contributed by atoms with Gasteiger partial charge in [0.05, 0.1) is 12.8 Å². The molecule has 0 saturated heterocycles. The van der Waals surface area contributed by atoms with Gasteiger partial charge < -0.3 is 9.84 Å². The summed E-state index contributed by atoms with van der Waals surface area (Å²) in [6.07, 6.45) is 0. The topological polar surface area (TPSA) is 44.6 Å². The van der Waals surface area contributed by atoms with E-state index in [1.807, 2.05) is 30.3 Å². The molecule has 0 atom stereocenters. The third-order valence-corrected chi connectivity index (χ3v) is 2.71. The van der Waals surface area contributed by atoms with E-state index in [0.29, 0.717) is 17.0 Å². The largest absolute Gasteiger partial charge is 1.00 e. The van der Waals surface area contributed by atoms with Gasteiger partial charge in [-0.05, 0) is 23.8 Å². The Kier molecular flexibility index (Phi) is 6.09. The summed E-state index contributed by atoms with van der Waals surface area (Å²) < 4.78 is 5.03. The summed E-state index contributed by atoms with van der Waals surface area (Å²) in [5, 5.41) is 12.0. The van der Waals surface area contributed by atoms with Gasteiger partial charge in [-0.1, -0.05) is 36.1 Å². The third kappa shape index (κ3) is 3.60. The third-order valence-electron chi connectivity index (χ3n) is 2.71. The maximum absolute atomic E-state index is 12.0. The van der Waals surface area contributed by atoms with Gasteiger partial charge >= 0.3 is 29.6 Å². The molecule has 2 aromatic rings. The number of benzene rings is 2. The van der Waals surface area contributed by atoms with E-state index in [4.69, 9.17) is 4.74 Å². The van der Waals surface area contributed by atoms with Gasteiger partial charge in [0, 0.05) is 12.6 Å². The van der Waals surface area contributed by atoms with Crippen LogP contribution < -0.4 is 39.4 Å². The summed E-state index contributed by atoms with van der Waals surface area (Å²) in [4.78, 5) is 4.22. The van der Waals surface area contributed by atoms with Gasteiger partial charge in [0.1, 0.15) is 5.75 Å². The molecule has 0 fully saturated rings. The first-order valence-corrected chi connectivity index (χ1v) is 5.64. The van der Waals surface area contributed by atoms with E-state index >= 15 is 0 Å². The molecule has 0 aliphatic heterocycles. The van der Waals surface area contributed by atoms with Crippen molar-refractivity contribution in [2.75, 3.05) is 14.2 Å². The van der Waals surface area contributed by atoms with Crippen LogP contribution in [0.3, 0.4) is 0 Å². The van der Waals surface area contributed by atoms with E-state index in [2.05, 4.69) is 4.99 Å². The van der Waals surface area contributed by atoms with Crippen LogP contribution in [-0.4, -0.2) is 19.9 Å². The van der Waals surface area contributed by atoms with Gasteiger partial charge in [0.15, 0.2) is 0 Å². The fraction of sp³-hybridized carbons (Fsp3) is 0.133. The average molecular weight is 263 g/mol. The van der Waals surface area contributed by atoms with E-state index in [1.165, 1.54) is 6.07 Å². The SMILES string of the molecule is CN=C(c1ccccc1)c1ccc(OC)cc1[O-].[Na+]. The Balaban J connectivity index is 0.00000180. The van der Waals surface area contributed by atoms with Gasteiger partial charge in [0.25, 0.3) is 0 Å². The Labute approximate surface area is 135 Å². The molecule has 0 aliphatic rings. The van der Waals surface area contributed by atoms with Crippen molar-refractivity contribution >= 4 is 5.71 Å². The molecule has 0 saturated carbocycles. The smallest absolute Gasteiger partial charge is 0.872 e. The summed E-state index contributed by atoms with van der Waals surface area (Å²) in [7, 11) is 3.23. The molecule has 0 N–H and O–H groups in total. The molecule has 4 heteroatoms. The minimum atomic E-state index is -0.0844. The quantitative estimate of drug-likeness (QED) is 0.540. The fourth-order valence-corrected chi connectivity index (χ4v) is 1.83. The number of hydrogen-bond donors (Lipinski definition) is 0. The van der Waals surface area contributed by atoms with Crippen molar-refractivity contribution in [3.63, 3.8) is 0 Å². The van der Waals surface area contributed by atoms with Crippen molar-refractivity contribution in [3.8, 4) is 11.5 Å². The summed E-state index contributed by atoms with van der Waals surface area (Å²) in [5.74, 6) is 0.478. The molecule has 2 rings (SSSR count). The van der Waals surface area contributed by atoms with Crippen LogP contribution in [0.2, 0.25) is 0 Å². The maximum Gasteiger partial charge on any atom is 1.00 e. The molecular formula is C15H14NNaO2. The van der Waals surface area contributed by atoms with Crippen LogP contribution in [0.4, 0.5) is 0 Å². The molecule has 0 unspecified atom stereocenters. The van der Waals surface area contributed by atoms with Crippen LogP contribution in [0, 0.1) is 0 Å².